The predicted octanol–water partition coefficient (Wildman–Crippen LogP) is 3.52. The maximum absolute atomic E-state index is 12.2. The lowest BCUT2D eigenvalue weighted by Crippen LogP contribution is -2.40. The van der Waals surface area contributed by atoms with E-state index in [1.54, 1.807) is 0 Å². The molecule has 3 nitrogen and oxygen atoms in total. The molecule has 1 saturated heterocycles. The number of amides is 1. The molecule has 2 fully saturated rings. The minimum absolute atomic E-state index is 0. The molecule has 124 valence electrons. The van der Waals surface area contributed by atoms with Gasteiger partial charge in [0.1, 0.15) is 0 Å². The van der Waals surface area contributed by atoms with Crippen LogP contribution in [0.3, 0.4) is 0 Å². The summed E-state index contributed by atoms with van der Waals surface area (Å²) in [6, 6.07) is 0.442. The van der Waals surface area contributed by atoms with Gasteiger partial charge in [-0.1, -0.05) is 33.1 Å². The zero-order valence-corrected chi connectivity index (χ0v) is 14.5. The molecular formula is C17H33ClN2O. The highest BCUT2D eigenvalue weighted by Gasteiger charge is 2.25. The van der Waals surface area contributed by atoms with Crippen molar-refractivity contribution in [2.45, 2.75) is 71.3 Å². The summed E-state index contributed by atoms with van der Waals surface area (Å²) >= 11 is 0. The van der Waals surface area contributed by atoms with E-state index in [4.69, 9.17) is 0 Å². The molecule has 21 heavy (non-hydrogen) atoms. The summed E-state index contributed by atoms with van der Waals surface area (Å²) in [6.07, 6.45) is 9.53. The minimum atomic E-state index is 0. The van der Waals surface area contributed by atoms with Crippen LogP contribution in [0.4, 0.5) is 0 Å². The summed E-state index contributed by atoms with van der Waals surface area (Å²) in [5, 5.41) is 6.75. The first kappa shape index (κ1) is 18.8. The predicted molar refractivity (Wildman–Crippen MR) is 90.8 cm³/mol. The average molecular weight is 317 g/mol. The van der Waals surface area contributed by atoms with Crippen LogP contribution in [-0.4, -0.2) is 25.0 Å². The molecule has 1 saturated carbocycles. The summed E-state index contributed by atoms with van der Waals surface area (Å²) in [5.74, 6) is 2.30. The monoisotopic (exact) mass is 316 g/mol. The van der Waals surface area contributed by atoms with E-state index in [1.807, 2.05) is 0 Å². The van der Waals surface area contributed by atoms with Gasteiger partial charge >= 0.3 is 0 Å². The van der Waals surface area contributed by atoms with Crippen LogP contribution in [0, 0.1) is 17.8 Å². The third-order valence-corrected chi connectivity index (χ3v) is 5.37. The van der Waals surface area contributed by atoms with Crippen LogP contribution in [0.2, 0.25) is 0 Å². The highest BCUT2D eigenvalue weighted by atomic mass is 35.5. The second-order valence-electron chi connectivity index (χ2n) is 6.99. The molecule has 1 amide bonds. The second kappa shape index (κ2) is 9.68. The lowest BCUT2D eigenvalue weighted by Gasteiger charge is -2.31. The largest absolute Gasteiger partial charge is 0.353 e. The first-order valence-electron chi connectivity index (χ1n) is 8.69. The lowest BCUT2D eigenvalue weighted by atomic mass is 9.83. The number of hydrogen-bond donors (Lipinski definition) is 2. The number of carbonyl (C=O) groups is 1. The Morgan fingerprint density at radius 3 is 2.76 bits per heavy atom. The van der Waals surface area contributed by atoms with Gasteiger partial charge in [-0.15, -0.1) is 12.4 Å². The Labute approximate surface area is 136 Å². The molecule has 0 aromatic heterocycles. The molecule has 0 bridgehead atoms. The van der Waals surface area contributed by atoms with Crippen molar-refractivity contribution < 1.29 is 4.79 Å². The molecule has 1 aliphatic heterocycles. The lowest BCUT2D eigenvalue weighted by molar-refractivity contribution is -0.123. The first-order valence-corrected chi connectivity index (χ1v) is 8.69. The molecule has 0 spiro atoms. The maximum atomic E-state index is 12.2. The molecule has 4 unspecified atom stereocenters. The van der Waals surface area contributed by atoms with Crippen molar-refractivity contribution >= 4 is 18.3 Å². The van der Waals surface area contributed by atoms with Gasteiger partial charge in [0.15, 0.2) is 0 Å². The zero-order valence-electron chi connectivity index (χ0n) is 13.7. The fraction of sp³-hybridized carbons (Fsp3) is 0.941. The maximum Gasteiger partial charge on any atom is 0.220 e. The highest BCUT2D eigenvalue weighted by molar-refractivity contribution is 5.85. The third kappa shape index (κ3) is 6.15. The number of nitrogens with one attached hydrogen (secondary N) is 2. The fourth-order valence-corrected chi connectivity index (χ4v) is 3.90. The van der Waals surface area contributed by atoms with E-state index >= 15 is 0 Å². The van der Waals surface area contributed by atoms with Crippen molar-refractivity contribution in [2.75, 3.05) is 13.1 Å². The van der Waals surface area contributed by atoms with Crippen LogP contribution in [-0.2, 0) is 4.79 Å². The zero-order chi connectivity index (χ0) is 14.4. The van der Waals surface area contributed by atoms with Gasteiger partial charge in [0.25, 0.3) is 0 Å². The van der Waals surface area contributed by atoms with Crippen molar-refractivity contribution in [3.63, 3.8) is 0 Å². The number of rotatable bonds is 5. The van der Waals surface area contributed by atoms with E-state index in [1.165, 1.54) is 44.9 Å². The smallest absolute Gasteiger partial charge is 0.220 e. The molecule has 2 rings (SSSR count). The molecule has 0 aromatic rings. The SMILES string of the molecule is CCC1CCCC(NC(=O)CC(C)C2CCCNC2)C1.Cl. The fourth-order valence-electron chi connectivity index (χ4n) is 3.90. The standard InChI is InChI=1S/C17H32N2O.ClH/c1-3-14-6-4-8-16(11-14)19-17(20)10-13(2)15-7-5-9-18-12-15;/h13-16,18H,3-12H2,1-2H3,(H,19,20);1H. The molecule has 1 heterocycles. The minimum Gasteiger partial charge on any atom is -0.353 e. The topological polar surface area (TPSA) is 41.1 Å². The first-order chi connectivity index (χ1) is 9.69. The Hall–Kier alpha value is -0.280. The van der Waals surface area contributed by atoms with Gasteiger partial charge in [0, 0.05) is 12.5 Å². The van der Waals surface area contributed by atoms with Gasteiger partial charge in [-0.05, 0) is 56.5 Å². The summed E-state index contributed by atoms with van der Waals surface area (Å²) in [6.45, 7) is 6.76. The highest BCUT2D eigenvalue weighted by Crippen LogP contribution is 2.27. The number of halogens is 1. The van der Waals surface area contributed by atoms with Crippen molar-refractivity contribution in [2.24, 2.45) is 17.8 Å². The molecule has 1 aliphatic carbocycles. The average Bonchev–Trinajstić information content (AvgIpc) is 2.48. The van der Waals surface area contributed by atoms with Gasteiger partial charge in [0.05, 0.1) is 0 Å². The number of hydrogen-bond acceptors (Lipinski definition) is 2. The summed E-state index contributed by atoms with van der Waals surface area (Å²) in [7, 11) is 0. The molecule has 0 radical (unpaired) electrons. The van der Waals surface area contributed by atoms with E-state index in [-0.39, 0.29) is 18.3 Å². The van der Waals surface area contributed by atoms with Crippen LogP contribution >= 0.6 is 12.4 Å². The summed E-state index contributed by atoms with van der Waals surface area (Å²) in [4.78, 5) is 12.2. The molecular weight excluding hydrogens is 284 g/mol. The van der Waals surface area contributed by atoms with E-state index in [0.29, 0.717) is 24.3 Å². The molecule has 4 heteroatoms. The Morgan fingerprint density at radius 1 is 1.29 bits per heavy atom. The van der Waals surface area contributed by atoms with Gasteiger partial charge in [-0.25, -0.2) is 0 Å². The van der Waals surface area contributed by atoms with E-state index in [9.17, 15) is 4.79 Å². The second-order valence-corrected chi connectivity index (χ2v) is 6.99. The van der Waals surface area contributed by atoms with Crippen molar-refractivity contribution in [3.8, 4) is 0 Å². The quantitative estimate of drug-likeness (QED) is 0.815. The Balaban J connectivity index is 0.00000220. The van der Waals surface area contributed by atoms with Crippen LogP contribution in [0.25, 0.3) is 0 Å². The number of piperidine rings is 1. The van der Waals surface area contributed by atoms with Crippen LogP contribution in [0.15, 0.2) is 0 Å². The Kier molecular flexibility index (Phi) is 8.65. The molecule has 2 N–H and O–H groups in total. The Morgan fingerprint density at radius 2 is 2.10 bits per heavy atom. The van der Waals surface area contributed by atoms with Gasteiger partial charge in [-0.3, -0.25) is 4.79 Å². The van der Waals surface area contributed by atoms with Crippen LogP contribution in [0.5, 0.6) is 0 Å². The van der Waals surface area contributed by atoms with E-state index in [0.717, 1.165) is 19.0 Å². The van der Waals surface area contributed by atoms with Gasteiger partial charge < -0.3 is 10.6 Å². The van der Waals surface area contributed by atoms with Crippen molar-refractivity contribution in [3.05, 3.63) is 0 Å². The molecule has 0 aromatic carbocycles. The third-order valence-electron chi connectivity index (χ3n) is 5.37. The van der Waals surface area contributed by atoms with Crippen LogP contribution < -0.4 is 10.6 Å². The summed E-state index contributed by atoms with van der Waals surface area (Å²) < 4.78 is 0. The Bertz CT molecular complexity index is 299. The molecule has 4 atom stereocenters. The van der Waals surface area contributed by atoms with Gasteiger partial charge in [-0.2, -0.15) is 0 Å². The summed E-state index contributed by atoms with van der Waals surface area (Å²) in [5.41, 5.74) is 0. The molecule has 2 aliphatic rings. The number of carbonyl (C=O) groups excluding carboxylic acids is 1. The van der Waals surface area contributed by atoms with Crippen molar-refractivity contribution in [1.29, 1.82) is 0 Å². The van der Waals surface area contributed by atoms with Gasteiger partial charge in [0.2, 0.25) is 5.91 Å². The van der Waals surface area contributed by atoms with E-state index < -0.39 is 0 Å². The van der Waals surface area contributed by atoms with E-state index in [2.05, 4.69) is 24.5 Å². The van der Waals surface area contributed by atoms with Crippen LogP contribution in [0.1, 0.15) is 65.2 Å². The normalized spacial score (nSPS) is 31.0. The van der Waals surface area contributed by atoms with Crippen molar-refractivity contribution in [1.82, 2.24) is 10.6 Å².